The third kappa shape index (κ3) is 10.1. The molecule has 7 heterocycles. The molecule has 1 saturated carbocycles. The fraction of sp³-hybridized carbons (Fsp3) is 0.481. The molecule has 4 atom stereocenters. The Bertz CT molecular complexity index is 3020. The van der Waals surface area contributed by atoms with Crippen molar-refractivity contribution in [3.63, 3.8) is 0 Å². The number of benzene rings is 2. The van der Waals surface area contributed by atoms with Crippen LogP contribution in [0.1, 0.15) is 99.7 Å². The van der Waals surface area contributed by atoms with Gasteiger partial charge in [0.05, 0.1) is 17.8 Å². The Morgan fingerprint density at radius 1 is 1.04 bits per heavy atom. The minimum absolute atomic E-state index is 0.00912. The summed E-state index contributed by atoms with van der Waals surface area (Å²) in [5, 5.41) is 25.9. The second-order valence-corrected chi connectivity index (χ2v) is 22.8. The number of carbonyl (C=O) groups is 3. The smallest absolute Gasteiger partial charge is 0.469 e. The molecule has 21 heteroatoms. The van der Waals surface area contributed by atoms with E-state index in [9.17, 15) is 38.2 Å². The molecule has 6 N–H and O–H groups in total. The molecule has 4 fully saturated rings. The van der Waals surface area contributed by atoms with Crippen LogP contribution in [0.5, 0.6) is 5.75 Å². The van der Waals surface area contributed by atoms with Gasteiger partial charge in [0.1, 0.15) is 23.7 Å². The summed E-state index contributed by atoms with van der Waals surface area (Å²) in [6, 6.07) is 11.0. The largest absolute Gasteiger partial charge is 0.507 e. The standard InChI is InChI=1S/C52H61FN11O8P/c1-6-31-11-12-33(39(53)19-31)24-54-47(66)42-20-36(72-73(69,70)71)27-64(42)48(67)45(51(3,4)5)58-50(68)62-28-52(29-62)22-35(23-52)61-16-13-32(14-17-61)34-25-55-49(56-26-34)63-18-15-40-44(30(63)2)38-21-41(59-60-46(38)57-40)37-9-7-8-10-43(37)65/h1,7-12,19,21,25-26,30,32,35-36,42,45,65H,13-18,20,22-24,27-29H2,2-5H3,(H,54,66)(H,57,60)(H,58,68)(H2,69,70,71)/t30-,36-,42+,45-/m1/s1. The minimum atomic E-state index is -4.99. The lowest BCUT2D eigenvalue weighted by atomic mass is 9.60. The number of phosphoric acid groups is 1. The number of likely N-dealkylation sites (tertiary alicyclic amines) is 3. The number of halogens is 1. The van der Waals surface area contributed by atoms with Crippen molar-refractivity contribution in [1.82, 2.24) is 50.5 Å². The normalized spacial score (nSPS) is 21.8. The van der Waals surface area contributed by atoms with Crippen LogP contribution in [-0.4, -0.2) is 136 Å². The summed E-state index contributed by atoms with van der Waals surface area (Å²) in [5.41, 5.74) is 5.03. The zero-order chi connectivity index (χ0) is 51.6. The molecule has 3 aromatic heterocycles. The third-order valence-electron chi connectivity index (χ3n) is 15.6. The predicted molar refractivity (Wildman–Crippen MR) is 268 cm³/mol. The molecule has 19 nitrogen and oxygen atoms in total. The number of phenols is 1. The number of anilines is 1. The molecular weight excluding hydrogens is 957 g/mol. The minimum Gasteiger partial charge on any atom is -0.507 e. The van der Waals surface area contributed by atoms with E-state index in [1.54, 1.807) is 37.8 Å². The highest BCUT2D eigenvalue weighted by Gasteiger charge is 2.56. The number of nitrogens with zero attached hydrogens (tertiary/aromatic N) is 8. The first-order chi connectivity index (χ1) is 34.8. The van der Waals surface area contributed by atoms with Gasteiger partial charge in [-0.15, -0.1) is 16.6 Å². The molecule has 0 unspecified atom stereocenters. The molecule has 0 bridgehead atoms. The number of piperidine rings is 1. The number of fused-ring (bicyclic) bond motifs is 3. The number of hydrogen-bond acceptors (Lipinski definition) is 12. The lowest BCUT2D eigenvalue weighted by molar-refractivity contribution is -0.142. The number of nitrogens with one attached hydrogen (secondary N) is 3. The molecule has 4 amide bonds. The van der Waals surface area contributed by atoms with Gasteiger partial charge in [-0.05, 0) is 92.9 Å². The number of hydrogen-bond donors (Lipinski definition) is 6. The van der Waals surface area contributed by atoms with E-state index in [4.69, 9.17) is 20.9 Å². The number of para-hydroxylation sites is 1. The van der Waals surface area contributed by atoms with Crippen molar-refractivity contribution in [2.24, 2.45) is 10.8 Å². The van der Waals surface area contributed by atoms with Gasteiger partial charge < -0.3 is 50.1 Å². The maximum atomic E-state index is 14.7. The number of rotatable bonds is 11. The van der Waals surface area contributed by atoms with E-state index >= 15 is 0 Å². The second kappa shape index (κ2) is 19.4. The summed E-state index contributed by atoms with van der Waals surface area (Å²) in [5.74, 6) is 1.64. The van der Waals surface area contributed by atoms with Crippen molar-refractivity contribution in [2.45, 2.75) is 109 Å². The molecule has 10 rings (SSSR count). The Hall–Kier alpha value is -6.49. The molecule has 0 radical (unpaired) electrons. The molecule has 1 spiro atoms. The third-order valence-corrected chi connectivity index (χ3v) is 16.2. The van der Waals surface area contributed by atoms with Crippen LogP contribution in [0.4, 0.5) is 15.1 Å². The van der Waals surface area contributed by atoms with Gasteiger partial charge in [0.2, 0.25) is 17.8 Å². The maximum Gasteiger partial charge on any atom is 0.469 e. The van der Waals surface area contributed by atoms with Crippen LogP contribution >= 0.6 is 7.82 Å². The number of phosphoric ester groups is 1. The van der Waals surface area contributed by atoms with E-state index < -0.39 is 55.1 Å². The summed E-state index contributed by atoms with van der Waals surface area (Å²) in [6.45, 7) is 10.7. The molecule has 4 aliphatic heterocycles. The molecule has 5 aromatic rings. The fourth-order valence-electron chi connectivity index (χ4n) is 11.7. The molecule has 5 aliphatic rings. The van der Waals surface area contributed by atoms with Gasteiger partial charge in [-0.3, -0.25) is 14.1 Å². The molecule has 384 valence electrons. The van der Waals surface area contributed by atoms with Gasteiger partial charge in [-0.2, -0.15) is 0 Å². The highest BCUT2D eigenvalue weighted by atomic mass is 31.2. The first-order valence-electron chi connectivity index (χ1n) is 24.9. The summed E-state index contributed by atoms with van der Waals surface area (Å²) < 4.78 is 31.5. The zero-order valence-electron chi connectivity index (χ0n) is 41.3. The van der Waals surface area contributed by atoms with E-state index in [-0.39, 0.29) is 42.3 Å². The van der Waals surface area contributed by atoms with Crippen molar-refractivity contribution < 1.29 is 42.8 Å². The molecule has 1 aliphatic carbocycles. The first-order valence-corrected chi connectivity index (χ1v) is 26.4. The van der Waals surface area contributed by atoms with Crippen molar-refractivity contribution in [3.8, 4) is 29.4 Å². The second-order valence-electron chi connectivity index (χ2n) is 21.6. The monoisotopic (exact) mass is 1020 g/mol. The predicted octanol–water partition coefficient (Wildman–Crippen LogP) is 5.53. The maximum absolute atomic E-state index is 14.7. The van der Waals surface area contributed by atoms with E-state index in [2.05, 4.69) is 48.5 Å². The number of H-pyrrole nitrogens is 1. The van der Waals surface area contributed by atoms with Crippen molar-refractivity contribution in [3.05, 3.63) is 94.7 Å². The number of aromatic nitrogens is 5. The van der Waals surface area contributed by atoms with Crippen LogP contribution < -0.4 is 15.5 Å². The Morgan fingerprint density at radius 2 is 1.77 bits per heavy atom. The number of terminal acetylenes is 1. The van der Waals surface area contributed by atoms with E-state index in [1.165, 1.54) is 23.1 Å². The van der Waals surface area contributed by atoms with Crippen LogP contribution in [0.3, 0.4) is 0 Å². The van der Waals surface area contributed by atoms with Gasteiger partial charge >= 0.3 is 13.9 Å². The van der Waals surface area contributed by atoms with Crippen LogP contribution in [0.15, 0.2) is 60.9 Å². The van der Waals surface area contributed by atoms with Gasteiger partial charge in [0.25, 0.3) is 0 Å². The van der Waals surface area contributed by atoms with Gasteiger partial charge in [0.15, 0.2) is 5.65 Å². The first kappa shape index (κ1) is 50.1. The van der Waals surface area contributed by atoms with E-state index in [0.717, 1.165) is 73.9 Å². The van der Waals surface area contributed by atoms with Crippen LogP contribution in [-0.2, 0) is 31.6 Å². The number of aromatic amines is 1. The average molecular weight is 1020 g/mol. The van der Waals surface area contributed by atoms with Crippen molar-refractivity contribution in [2.75, 3.05) is 44.2 Å². The number of phenolic OH excluding ortho intramolecular Hbond substituents is 1. The average Bonchev–Trinajstić information content (AvgIpc) is 3.93. The van der Waals surface area contributed by atoms with Crippen LogP contribution in [0.2, 0.25) is 0 Å². The Labute approximate surface area is 422 Å². The Balaban J connectivity index is 0.708. The van der Waals surface area contributed by atoms with Crippen LogP contribution in [0.25, 0.3) is 22.3 Å². The summed E-state index contributed by atoms with van der Waals surface area (Å²) in [4.78, 5) is 81.9. The van der Waals surface area contributed by atoms with Gasteiger partial charge in [-0.25, -0.2) is 23.7 Å². The highest BCUT2D eigenvalue weighted by molar-refractivity contribution is 7.46. The fourth-order valence-corrected chi connectivity index (χ4v) is 12.3. The number of carbonyl (C=O) groups excluding carboxylic acids is 3. The SMILES string of the molecule is C#Cc1ccc(CNC(=O)[C@@H]2C[C@@H](OP(=O)(O)O)CN2C(=O)[C@@H](NC(=O)N2CC3(CC(N4CCC(c5cnc(N6CCc7[nH]c8nnc(-c9ccccc9O)cc8c7[C@H]6C)nc5)CC4)C3)C2)C(C)(C)C)c(F)c1. The summed E-state index contributed by atoms with van der Waals surface area (Å²) in [7, 11) is -4.99. The topological polar surface area (TPSA) is 243 Å². The lowest BCUT2D eigenvalue weighted by Crippen LogP contribution is -2.70. The number of aromatic hydroxyl groups is 1. The zero-order valence-corrected chi connectivity index (χ0v) is 42.2. The highest BCUT2D eigenvalue weighted by Crippen LogP contribution is 2.51. The lowest BCUT2D eigenvalue weighted by Gasteiger charge is -2.61. The van der Waals surface area contributed by atoms with E-state index in [0.29, 0.717) is 53.5 Å². The van der Waals surface area contributed by atoms with Crippen molar-refractivity contribution in [1.29, 1.82) is 0 Å². The summed E-state index contributed by atoms with van der Waals surface area (Å²) >= 11 is 0. The Kier molecular flexibility index (Phi) is 13.3. The molecule has 2 aromatic carbocycles. The van der Waals surface area contributed by atoms with Gasteiger partial charge in [-0.1, -0.05) is 44.9 Å². The Morgan fingerprint density at radius 3 is 2.44 bits per heavy atom. The quantitative estimate of drug-likeness (QED) is 0.0705. The molecule has 73 heavy (non-hydrogen) atoms. The van der Waals surface area contributed by atoms with Crippen LogP contribution in [0, 0.1) is 29.0 Å². The number of urea groups is 1. The van der Waals surface area contributed by atoms with Gasteiger partial charge in [0, 0.05) is 103 Å². The molecule has 3 saturated heterocycles. The number of amides is 4. The molecular formula is C52H61FN11O8P. The van der Waals surface area contributed by atoms with Crippen molar-refractivity contribution >= 4 is 42.6 Å². The van der Waals surface area contributed by atoms with E-state index in [1.807, 2.05) is 30.6 Å². The summed E-state index contributed by atoms with van der Waals surface area (Å²) in [6.07, 6.45) is 12.6.